The molecule has 0 radical (unpaired) electrons. The Morgan fingerprint density at radius 1 is 1.46 bits per heavy atom. The van der Waals surface area contributed by atoms with Crippen LogP contribution in [0.25, 0.3) is 0 Å². The Morgan fingerprint density at radius 2 is 2.21 bits per heavy atom. The second-order valence-electron chi connectivity index (χ2n) is 5.32. The first-order valence-corrected chi connectivity index (χ1v) is 7.43. The minimum atomic E-state index is -4.58. The smallest absolute Gasteiger partial charge is 0.428 e. The number of amides is 1. The summed E-state index contributed by atoms with van der Waals surface area (Å²) in [5.41, 5.74) is 1.47. The number of hydrogen-bond acceptors (Lipinski definition) is 5. The van der Waals surface area contributed by atoms with E-state index in [0.29, 0.717) is 6.42 Å². The third-order valence-electron chi connectivity index (χ3n) is 3.50. The predicted molar refractivity (Wildman–Crippen MR) is 81.9 cm³/mol. The molecule has 1 atom stereocenters. The molecule has 0 bridgehead atoms. The maximum Gasteiger partial charge on any atom is 0.428 e. The third-order valence-corrected chi connectivity index (χ3v) is 3.50. The second-order valence-corrected chi connectivity index (χ2v) is 5.32. The number of aliphatic hydroxyl groups excluding tert-OH is 1. The molecule has 1 aromatic carbocycles. The molecule has 0 saturated carbocycles. The Hall–Kier alpha value is -2.29. The molecule has 1 unspecified atom stereocenters. The number of hydrogen-bond donors (Lipinski definition) is 3. The summed E-state index contributed by atoms with van der Waals surface area (Å²) >= 11 is 0. The Bertz CT molecular complexity index is 632. The summed E-state index contributed by atoms with van der Waals surface area (Å²) in [5, 5.41) is 15.7. The number of carbonyl (C=O) groups is 1. The van der Waals surface area contributed by atoms with Crippen LogP contribution in [0.15, 0.2) is 23.3 Å². The lowest BCUT2D eigenvalue weighted by Gasteiger charge is -2.22. The molecule has 6 nitrogen and oxygen atoms in total. The number of rotatable bonds is 6. The van der Waals surface area contributed by atoms with Crippen LogP contribution in [-0.2, 0) is 10.9 Å². The van der Waals surface area contributed by atoms with E-state index < -0.39 is 23.9 Å². The number of cyclic esters (lactones) is 1. The van der Waals surface area contributed by atoms with Crippen molar-refractivity contribution < 1.29 is 27.8 Å². The number of benzene rings is 1. The molecule has 0 saturated heterocycles. The zero-order valence-electron chi connectivity index (χ0n) is 13.0. The van der Waals surface area contributed by atoms with Gasteiger partial charge in [0.15, 0.2) is 0 Å². The van der Waals surface area contributed by atoms with E-state index in [4.69, 9.17) is 4.74 Å². The number of nitrogens with one attached hydrogen (secondary N) is 2. The maximum absolute atomic E-state index is 13.4. The number of anilines is 1. The number of alkyl halides is 3. The van der Waals surface area contributed by atoms with Crippen LogP contribution in [0.3, 0.4) is 0 Å². The van der Waals surface area contributed by atoms with Crippen molar-refractivity contribution in [2.45, 2.75) is 32.0 Å². The Kier molecular flexibility index (Phi) is 5.66. The number of aliphatic hydroxyl groups is 1. The van der Waals surface area contributed by atoms with Crippen LogP contribution in [0.1, 0.15) is 30.9 Å². The highest BCUT2D eigenvalue weighted by atomic mass is 19.4. The van der Waals surface area contributed by atoms with Crippen LogP contribution in [0, 0.1) is 0 Å². The van der Waals surface area contributed by atoms with Gasteiger partial charge in [0.2, 0.25) is 0 Å². The first kappa shape index (κ1) is 18.1. The summed E-state index contributed by atoms with van der Waals surface area (Å²) in [6.45, 7) is 1.41. The molecule has 0 aliphatic carbocycles. The van der Waals surface area contributed by atoms with E-state index in [9.17, 15) is 23.1 Å². The highest BCUT2D eigenvalue weighted by molar-refractivity contribution is 6.04. The van der Waals surface area contributed by atoms with Gasteiger partial charge in [-0.3, -0.25) is 0 Å². The highest BCUT2D eigenvalue weighted by Gasteiger charge is 2.34. The van der Waals surface area contributed by atoms with Crippen molar-refractivity contribution in [2.24, 2.45) is 5.10 Å². The second kappa shape index (κ2) is 7.52. The van der Waals surface area contributed by atoms with Crippen LogP contribution in [0.5, 0.6) is 0 Å². The third kappa shape index (κ3) is 4.38. The summed E-state index contributed by atoms with van der Waals surface area (Å²) in [6.07, 6.45) is -4.06. The Labute approximate surface area is 136 Å². The van der Waals surface area contributed by atoms with Crippen molar-refractivity contribution >= 4 is 17.5 Å². The number of hydrazone groups is 1. The fourth-order valence-corrected chi connectivity index (χ4v) is 2.32. The van der Waals surface area contributed by atoms with Gasteiger partial charge in [0.25, 0.3) is 0 Å². The predicted octanol–water partition coefficient (Wildman–Crippen LogP) is 2.72. The normalized spacial score (nSPS) is 16.0. The van der Waals surface area contributed by atoms with E-state index in [0.717, 1.165) is 12.5 Å². The summed E-state index contributed by atoms with van der Waals surface area (Å²) in [4.78, 5) is 10.9. The van der Waals surface area contributed by atoms with E-state index in [1.54, 1.807) is 0 Å². The van der Waals surface area contributed by atoms with Crippen molar-refractivity contribution in [2.75, 3.05) is 18.5 Å². The van der Waals surface area contributed by atoms with Gasteiger partial charge in [-0.15, -0.1) is 0 Å². The Morgan fingerprint density at radius 3 is 2.75 bits per heavy atom. The molecule has 1 aliphatic rings. The van der Waals surface area contributed by atoms with Crippen LogP contribution in [0.4, 0.5) is 23.7 Å². The average Bonchev–Trinajstić information content (AvgIpc) is 2.54. The molecule has 0 aromatic heterocycles. The monoisotopic (exact) mass is 345 g/mol. The lowest BCUT2D eigenvalue weighted by molar-refractivity contribution is -0.137. The van der Waals surface area contributed by atoms with Gasteiger partial charge in [-0.25, -0.2) is 10.2 Å². The van der Waals surface area contributed by atoms with Gasteiger partial charge in [0.1, 0.15) is 12.3 Å². The molecular weight excluding hydrogens is 327 g/mol. The van der Waals surface area contributed by atoms with Gasteiger partial charge in [-0.2, -0.15) is 18.3 Å². The first-order valence-electron chi connectivity index (χ1n) is 7.43. The Balaban J connectivity index is 2.34. The van der Waals surface area contributed by atoms with Gasteiger partial charge in [-0.1, -0.05) is 19.4 Å². The number of ether oxygens (including phenoxy) is 1. The molecule has 3 N–H and O–H groups in total. The average molecular weight is 345 g/mol. The number of nitrogens with zero attached hydrogens (tertiary/aromatic N) is 1. The van der Waals surface area contributed by atoms with Crippen molar-refractivity contribution in [1.82, 2.24) is 5.43 Å². The zero-order valence-corrected chi connectivity index (χ0v) is 13.0. The topological polar surface area (TPSA) is 83.0 Å². The molecule has 0 spiro atoms. The standard InChI is InChI=1S/C15H18F3N3O3/c1-2-3-10(7-22)19-12-5-4-9(6-11(12)15(16,17)18)13-8-24-14(23)21-20-13/h4-6,10,19,22H,2-3,7-8H2,1H3,(H,21,23). The molecular formula is C15H18F3N3O3. The van der Waals surface area contributed by atoms with Gasteiger partial charge < -0.3 is 15.2 Å². The molecule has 132 valence electrons. The van der Waals surface area contributed by atoms with Crippen molar-refractivity contribution in [3.8, 4) is 0 Å². The lowest BCUT2D eigenvalue weighted by Crippen LogP contribution is -2.31. The van der Waals surface area contributed by atoms with E-state index in [1.165, 1.54) is 12.1 Å². The van der Waals surface area contributed by atoms with Crippen molar-refractivity contribution in [1.29, 1.82) is 0 Å². The fraction of sp³-hybridized carbons (Fsp3) is 0.467. The van der Waals surface area contributed by atoms with Gasteiger partial charge in [-0.05, 0) is 18.6 Å². The molecule has 1 amide bonds. The van der Waals surface area contributed by atoms with Gasteiger partial charge in [0, 0.05) is 17.3 Å². The minimum absolute atomic E-state index is 0.111. The molecule has 1 heterocycles. The fourth-order valence-electron chi connectivity index (χ4n) is 2.32. The molecule has 2 rings (SSSR count). The molecule has 0 fully saturated rings. The van der Waals surface area contributed by atoms with Crippen LogP contribution in [-0.4, -0.2) is 36.2 Å². The van der Waals surface area contributed by atoms with Gasteiger partial charge in [0.05, 0.1) is 12.2 Å². The first-order chi connectivity index (χ1) is 11.3. The summed E-state index contributed by atoms with van der Waals surface area (Å²) < 4.78 is 44.8. The summed E-state index contributed by atoms with van der Waals surface area (Å²) in [6, 6.07) is 3.23. The van der Waals surface area contributed by atoms with Crippen LogP contribution >= 0.6 is 0 Å². The van der Waals surface area contributed by atoms with E-state index in [2.05, 4.69) is 15.8 Å². The van der Waals surface area contributed by atoms with Crippen LogP contribution in [0.2, 0.25) is 0 Å². The maximum atomic E-state index is 13.4. The SMILES string of the molecule is CCCC(CO)Nc1ccc(C2=NNC(=O)OC2)cc1C(F)(F)F. The largest absolute Gasteiger partial charge is 0.442 e. The minimum Gasteiger partial charge on any atom is -0.442 e. The van der Waals surface area contributed by atoms with Crippen molar-refractivity contribution in [3.63, 3.8) is 0 Å². The summed E-state index contributed by atoms with van der Waals surface area (Å²) in [5.74, 6) is 0. The van der Waals surface area contributed by atoms with E-state index in [1.807, 2.05) is 6.92 Å². The van der Waals surface area contributed by atoms with Gasteiger partial charge >= 0.3 is 12.3 Å². The number of carbonyl (C=O) groups excluding carboxylic acids is 1. The molecule has 9 heteroatoms. The molecule has 1 aromatic rings. The quantitative estimate of drug-likeness (QED) is 0.740. The van der Waals surface area contributed by atoms with Crippen LogP contribution < -0.4 is 10.7 Å². The van der Waals surface area contributed by atoms with Crippen molar-refractivity contribution in [3.05, 3.63) is 29.3 Å². The summed E-state index contributed by atoms with van der Waals surface area (Å²) in [7, 11) is 0. The number of halogens is 3. The van der Waals surface area contributed by atoms with E-state index >= 15 is 0 Å². The highest BCUT2D eigenvalue weighted by Crippen LogP contribution is 2.36. The molecule has 24 heavy (non-hydrogen) atoms. The lowest BCUT2D eigenvalue weighted by atomic mass is 10.0. The van der Waals surface area contributed by atoms with E-state index in [-0.39, 0.29) is 30.2 Å². The molecule has 1 aliphatic heterocycles. The zero-order chi connectivity index (χ0) is 17.7.